The summed E-state index contributed by atoms with van der Waals surface area (Å²) in [6.07, 6.45) is 6.86. The van der Waals surface area contributed by atoms with Crippen LogP contribution < -0.4 is 15.5 Å². The maximum Gasteiger partial charge on any atom is 0.253 e. The Morgan fingerprint density at radius 1 is 0.816 bits per heavy atom. The van der Waals surface area contributed by atoms with Crippen molar-refractivity contribution >= 4 is 23.2 Å². The lowest BCUT2D eigenvalue weighted by Crippen LogP contribution is -2.33. The van der Waals surface area contributed by atoms with Gasteiger partial charge in [-0.2, -0.15) is 0 Å². The second kappa shape index (κ2) is 12.2. The van der Waals surface area contributed by atoms with E-state index in [0.717, 1.165) is 48.3 Å². The number of benzene rings is 3. The molecule has 2 N–H and O–H groups in total. The number of anilines is 2. The minimum absolute atomic E-state index is 0.144. The molecule has 0 saturated carbocycles. The molecule has 3 aromatic carbocycles. The molecule has 1 aliphatic rings. The van der Waals surface area contributed by atoms with Crippen LogP contribution in [0.25, 0.3) is 0 Å². The minimum atomic E-state index is -0.470. The van der Waals surface area contributed by atoms with Crippen LogP contribution in [0, 0.1) is 0 Å². The van der Waals surface area contributed by atoms with E-state index in [1.807, 2.05) is 84.9 Å². The van der Waals surface area contributed by atoms with Crippen molar-refractivity contribution in [1.29, 1.82) is 0 Å². The Bertz CT molecular complexity index is 1310. The van der Waals surface area contributed by atoms with Crippen molar-refractivity contribution in [3.8, 4) is 0 Å². The van der Waals surface area contributed by atoms with Crippen molar-refractivity contribution in [2.45, 2.75) is 31.7 Å². The van der Waals surface area contributed by atoms with Crippen LogP contribution in [0.5, 0.6) is 0 Å². The van der Waals surface area contributed by atoms with Gasteiger partial charge in [0.05, 0.1) is 11.5 Å². The Morgan fingerprint density at radius 3 is 2.13 bits per heavy atom. The smallest absolute Gasteiger partial charge is 0.253 e. The lowest BCUT2D eigenvalue weighted by Gasteiger charge is -2.30. The van der Waals surface area contributed by atoms with Gasteiger partial charge in [0.25, 0.3) is 5.91 Å². The number of carbonyl (C=O) groups excluding carboxylic acids is 2. The Balaban J connectivity index is 1.42. The van der Waals surface area contributed by atoms with E-state index in [9.17, 15) is 9.59 Å². The summed E-state index contributed by atoms with van der Waals surface area (Å²) in [6, 6.07) is 29.0. The van der Waals surface area contributed by atoms with Gasteiger partial charge in [-0.25, -0.2) is 0 Å². The van der Waals surface area contributed by atoms with Crippen molar-refractivity contribution in [3.05, 3.63) is 126 Å². The van der Waals surface area contributed by atoms with E-state index in [2.05, 4.69) is 20.5 Å². The molecule has 1 aliphatic heterocycles. The average molecular weight is 505 g/mol. The third-order valence-corrected chi connectivity index (χ3v) is 6.91. The molecule has 5 rings (SSSR count). The quantitative estimate of drug-likeness (QED) is 0.319. The van der Waals surface area contributed by atoms with E-state index in [-0.39, 0.29) is 11.8 Å². The average Bonchev–Trinajstić information content (AvgIpc) is 2.98. The lowest BCUT2D eigenvalue weighted by atomic mass is 9.90. The maximum absolute atomic E-state index is 13.7. The highest BCUT2D eigenvalue weighted by molar-refractivity contribution is 6.03. The number of carbonyl (C=O) groups is 2. The molecule has 2 heterocycles. The summed E-state index contributed by atoms with van der Waals surface area (Å²) < 4.78 is 0. The maximum atomic E-state index is 13.7. The summed E-state index contributed by atoms with van der Waals surface area (Å²) in [5, 5.41) is 6.12. The highest BCUT2D eigenvalue weighted by atomic mass is 16.2. The van der Waals surface area contributed by atoms with Crippen LogP contribution in [-0.2, 0) is 11.3 Å². The molecule has 1 fully saturated rings. The van der Waals surface area contributed by atoms with Crippen molar-refractivity contribution < 1.29 is 9.59 Å². The van der Waals surface area contributed by atoms with Gasteiger partial charge in [-0.05, 0) is 60.2 Å². The van der Waals surface area contributed by atoms with Crippen LogP contribution in [0.4, 0.5) is 11.4 Å². The van der Waals surface area contributed by atoms with Crippen molar-refractivity contribution in [1.82, 2.24) is 10.3 Å². The van der Waals surface area contributed by atoms with Gasteiger partial charge in [0.1, 0.15) is 0 Å². The van der Waals surface area contributed by atoms with Crippen molar-refractivity contribution in [3.63, 3.8) is 0 Å². The number of nitrogens with one attached hydrogen (secondary N) is 2. The number of hydrogen-bond donors (Lipinski definition) is 2. The molecule has 0 radical (unpaired) electrons. The Hall–Kier alpha value is -4.45. The van der Waals surface area contributed by atoms with Crippen LogP contribution in [-0.4, -0.2) is 29.9 Å². The number of piperidine rings is 1. The van der Waals surface area contributed by atoms with Crippen molar-refractivity contribution in [2.24, 2.45) is 0 Å². The summed E-state index contributed by atoms with van der Waals surface area (Å²) in [5.74, 6) is -0.787. The SMILES string of the molecule is O=C(NCc1cccnc1)c1cc(NC(=O)C(c2ccccc2)c2ccccc2)ccc1N1CCCCC1. The van der Waals surface area contributed by atoms with Gasteiger partial charge in [-0.1, -0.05) is 66.7 Å². The standard InChI is InChI=1S/C32H32N4O2/c37-31(34-23-24-11-10-18-33-22-24)28-21-27(16-17-29(28)36-19-8-3-9-20-36)35-32(38)30(25-12-4-1-5-13-25)26-14-6-2-7-15-26/h1-2,4-7,10-18,21-22,30H,3,8-9,19-20,23H2,(H,34,37)(H,35,38). The first-order valence-corrected chi connectivity index (χ1v) is 13.2. The fourth-order valence-electron chi connectivity index (χ4n) is 4.99. The van der Waals surface area contributed by atoms with Gasteiger partial charge in [-0.15, -0.1) is 0 Å². The van der Waals surface area contributed by atoms with Gasteiger partial charge < -0.3 is 15.5 Å². The van der Waals surface area contributed by atoms with Crippen LogP contribution in [0.2, 0.25) is 0 Å². The van der Waals surface area contributed by atoms with Gasteiger partial charge in [-0.3, -0.25) is 14.6 Å². The van der Waals surface area contributed by atoms with E-state index in [4.69, 9.17) is 0 Å². The topological polar surface area (TPSA) is 74.3 Å². The highest BCUT2D eigenvalue weighted by Gasteiger charge is 2.24. The predicted octanol–water partition coefficient (Wildman–Crippen LogP) is 5.77. The van der Waals surface area contributed by atoms with Crippen LogP contribution in [0.3, 0.4) is 0 Å². The molecular weight excluding hydrogens is 472 g/mol. The zero-order valence-corrected chi connectivity index (χ0v) is 21.3. The molecule has 0 aliphatic carbocycles. The largest absolute Gasteiger partial charge is 0.371 e. The first-order chi connectivity index (χ1) is 18.7. The van der Waals surface area contributed by atoms with Gasteiger partial charge in [0.2, 0.25) is 5.91 Å². The molecule has 2 amide bonds. The van der Waals surface area contributed by atoms with E-state index >= 15 is 0 Å². The monoisotopic (exact) mass is 504 g/mol. The molecule has 38 heavy (non-hydrogen) atoms. The first kappa shape index (κ1) is 25.2. The van der Waals surface area contributed by atoms with E-state index in [0.29, 0.717) is 17.8 Å². The van der Waals surface area contributed by atoms with Gasteiger partial charge in [0.15, 0.2) is 0 Å². The summed E-state index contributed by atoms with van der Waals surface area (Å²) in [5.41, 5.74) is 4.81. The summed E-state index contributed by atoms with van der Waals surface area (Å²) in [4.78, 5) is 33.5. The number of hydrogen-bond acceptors (Lipinski definition) is 4. The third-order valence-electron chi connectivity index (χ3n) is 6.91. The lowest BCUT2D eigenvalue weighted by molar-refractivity contribution is -0.116. The van der Waals surface area contributed by atoms with Crippen LogP contribution in [0.15, 0.2) is 103 Å². The molecule has 0 bridgehead atoms. The number of nitrogens with zero attached hydrogens (tertiary/aromatic N) is 2. The zero-order chi connectivity index (χ0) is 26.2. The van der Waals surface area contributed by atoms with E-state index < -0.39 is 5.92 Å². The number of pyridine rings is 1. The third kappa shape index (κ3) is 6.09. The van der Waals surface area contributed by atoms with Gasteiger partial charge >= 0.3 is 0 Å². The highest BCUT2D eigenvalue weighted by Crippen LogP contribution is 2.30. The molecule has 1 aromatic heterocycles. The number of rotatable bonds is 8. The normalized spacial score (nSPS) is 13.2. The Labute approximate surface area is 223 Å². The second-order valence-electron chi connectivity index (χ2n) is 9.57. The zero-order valence-electron chi connectivity index (χ0n) is 21.3. The number of amides is 2. The van der Waals surface area contributed by atoms with E-state index in [1.165, 1.54) is 6.42 Å². The molecule has 6 heteroatoms. The van der Waals surface area contributed by atoms with Gasteiger partial charge in [0, 0.05) is 43.4 Å². The molecule has 4 aromatic rings. The Morgan fingerprint density at radius 2 is 1.50 bits per heavy atom. The number of aromatic nitrogens is 1. The minimum Gasteiger partial charge on any atom is -0.371 e. The van der Waals surface area contributed by atoms with E-state index in [1.54, 1.807) is 18.5 Å². The summed E-state index contributed by atoms with van der Waals surface area (Å²) in [7, 11) is 0. The molecule has 0 spiro atoms. The Kier molecular flexibility index (Phi) is 8.09. The molecule has 0 atom stereocenters. The molecule has 1 saturated heterocycles. The molecule has 6 nitrogen and oxygen atoms in total. The fraction of sp³-hybridized carbons (Fsp3) is 0.219. The fourth-order valence-corrected chi connectivity index (χ4v) is 4.99. The first-order valence-electron chi connectivity index (χ1n) is 13.2. The summed E-state index contributed by atoms with van der Waals surface area (Å²) in [6.45, 7) is 2.21. The van der Waals surface area contributed by atoms with Crippen LogP contribution in [0.1, 0.15) is 52.2 Å². The molecule has 0 unspecified atom stereocenters. The van der Waals surface area contributed by atoms with Crippen LogP contribution >= 0.6 is 0 Å². The summed E-state index contributed by atoms with van der Waals surface area (Å²) >= 11 is 0. The molecular formula is C32H32N4O2. The molecule has 192 valence electrons. The second-order valence-corrected chi connectivity index (χ2v) is 9.57. The van der Waals surface area contributed by atoms with Crippen molar-refractivity contribution in [2.75, 3.05) is 23.3 Å². The predicted molar refractivity (Wildman–Crippen MR) is 151 cm³/mol.